The molecule has 2 aliphatic rings. The lowest BCUT2D eigenvalue weighted by Gasteiger charge is -1.99. The number of nitrogens with zero attached hydrogens (tertiary/aromatic N) is 4. The van der Waals surface area contributed by atoms with E-state index in [9.17, 15) is 0 Å². The van der Waals surface area contributed by atoms with Crippen molar-refractivity contribution in [1.29, 1.82) is 0 Å². The molecular formula is C12H12BrN5. The summed E-state index contributed by atoms with van der Waals surface area (Å²) in [6.07, 6.45) is 3.78. The first kappa shape index (κ1) is 10.6. The maximum Gasteiger partial charge on any atom is 0.155 e. The Morgan fingerprint density at radius 2 is 2.11 bits per heavy atom. The van der Waals surface area contributed by atoms with Crippen molar-refractivity contribution in [3.63, 3.8) is 0 Å². The molecule has 0 spiro atoms. The molecule has 1 N–H and O–H groups in total. The van der Waals surface area contributed by atoms with Crippen LogP contribution in [0.2, 0.25) is 0 Å². The van der Waals surface area contributed by atoms with Crippen molar-refractivity contribution in [2.24, 2.45) is 11.8 Å². The van der Waals surface area contributed by atoms with Gasteiger partial charge in [0, 0.05) is 16.6 Å². The predicted octanol–water partition coefficient (Wildman–Crippen LogP) is 1.36. The van der Waals surface area contributed by atoms with E-state index in [0.717, 1.165) is 40.9 Å². The van der Waals surface area contributed by atoms with Gasteiger partial charge in [0.15, 0.2) is 5.82 Å². The van der Waals surface area contributed by atoms with Crippen LogP contribution in [0.1, 0.15) is 11.6 Å². The van der Waals surface area contributed by atoms with Crippen LogP contribution >= 0.6 is 15.9 Å². The number of hydrogen-bond donors (Lipinski definition) is 1. The summed E-state index contributed by atoms with van der Waals surface area (Å²) in [4.78, 5) is 4.32. The molecule has 0 amide bonds. The molecule has 3 heterocycles. The molecule has 0 aromatic carbocycles. The first-order valence-electron chi connectivity index (χ1n) is 6.08. The third-order valence-electron chi connectivity index (χ3n) is 3.89. The second-order valence-corrected chi connectivity index (χ2v) is 5.85. The van der Waals surface area contributed by atoms with Crippen LogP contribution in [0.4, 0.5) is 0 Å². The highest BCUT2D eigenvalue weighted by Crippen LogP contribution is 2.55. The minimum Gasteiger partial charge on any atom is -0.316 e. The molecule has 3 atom stereocenters. The number of hydrogen-bond acceptors (Lipinski definition) is 4. The lowest BCUT2D eigenvalue weighted by molar-refractivity contribution is 0.672. The molecule has 2 fully saturated rings. The average molecular weight is 306 g/mol. The van der Waals surface area contributed by atoms with Crippen molar-refractivity contribution in [2.75, 3.05) is 13.1 Å². The fraction of sp³-hybridized carbons (Fsp3) is 0.417. The molecule has 1 unspecified atom stereocenters. The Labute approximate surface area is 113 Å². The maximum absolute atomic E-state index is 4.32. The first-order valence-corrected chi connectivity index (χ1v) is 6.87. The number of halogens is 1. The summed E-state index contributed by atoms with van der Waals surface area (Å²) in [5.74, 6) is 2.96. The third-order valence-corrected chi connectivity index (χ3v) is 4.36. The molecule has 5 nitrogen and oxygen atoms in total. The van der Waals surface area contributed by atoms with Crippen molar-refractivity contribution in [3.8, 4) is 5.82 Å². The zero-order valence-electron chi connectivity index (χ0n) is 9.62. The molecule has 1 saturated carbocycles. The monoisotopic (exact) mass is 305 g/mol. The number of nitrogens with one attached hydrogen (secondary N) is 1. The molecule has 2 aromatic heterocycles. The van der Waals surface area contributed by atoms with Crippen LogP contribution < -0.4 is 5.32 Å². The Hall–Kier alpha value is -1.27. The molecule has 4 rings (SSSR count). The van der Waals surface area contributed by atoms with Crippen LogP contribution in [0, 0.1) is 11.8 Å². The summed E-state index contributed by atoms with van der Waals surface area (Å²) in [6.45, 7) is 2.25. The van der Waals surface area contributed by atoms with Gasteiger partial charge in [-0.25, -0.2) is 9.67 Å². The normalized spacial score (nSPS) is 29.3. The first-order chi connectivity index (χ1) is 8.83. The summed E-state index contributed by atoms with van der Waals surface area (Å²) in [6, 6.07) is 3.89. The number of aromatic nitrogens is 4. The molecule has 2 aromatic rings. The zero-order valence-corrected chi connectivity index (χ0v) is 11.2. The van der Waals surface area contributed by atoms with E-state index in [-0.39, 0.29) is 0 Å². The van der Waals surface area contributed by atoms with E-state index in [1.807, 2.05) is 18.3 Å². The van der Waals surface area contributed by atoms with Gasteiger partial charge >= 0.3 is 0 Å². The number of rotatable bonds is 2. The van der Waals surface area contributed by atoms with Crippen molar-refractivity contribution in [2.45, 2.75) is 5.92 Å². The Bertz CT molecular complexity index is 568. The largest absolute Gasteiger partial charge is 0.316 e. The molecule has 92 valence electrons. The Kier molecular flexibility index (Phi) is 2.28. The Morgan fingerprint density at radius 1 is 1.28 bits per heavy atom. The van der Waals surface area contributed by atoms with E-state index < -0.39 is 0 Å². The van der Waals surface area contributed by atoms with Crippen LogP contribution in [-0.2, 0) is 0 Å². The standard InChI is InChI=1S/C12H12BrN5/c13-7-1-2-11(15-3-7)18-6-10(16-17-18)12-8-4-14-5-9(8)12/h1-3,6,8-9,12,14H,4-5H2/t8-,9+,12?. The molecular weight excluding hydrogens is 294 g/mol. The lowest BCUT2D eigenvalue weighted by Crippen LogP contribution is -2.14. The second-order valence-electron chi connectivity index (χ2n) is 4.93. The van der Waals surface area contributed by atoms with Gasteiger partial charge in [0.2, 0.25) is 0 Å². The minimum atomic E-state index is 0.607. The van der Waals surface area contributed by atoms with Gasteiger partial charge in [-0.05, 0) is 53.0 Å². The van der Waals surface area contributed by atoms with Gasteiger partial charge in [0.05, 0.1) is 11.9 Å². The van der Waals surface area contributed by atoms with Crippen LogP contribution in [0.15, 0.2) is 29.0 Å². The smallest absolute Gasteiger partial charge is 0.155 e. The van der Waals surface area contributed by atoms with Gasteiger partial charge in [-0.15, -0.1) is 5.10 Å². The van der Waals surface area contributed by atoms with Crippen LogP contribution in [-0.4, -0.2) is 33.1 Å². The predicted molar refractivity (Wildman–Crippen MR) is 69.4 cm³/mol. The van der Waals surface area contributed by atoms with Crippen molar-refractivity contribution < 1.29 is 0 Å². The fourth-order valence-corrected chi connectivity index (χ4v) is 3.14. The summed E-state index contributed by atoms with van der Waals surface area (Å²) in [5, 5.41) is 11.9. The third kappa shape index (κ3) is 1.59. The summed E-state index contributed by atoms with van der Waals surface area (Å²) in [7, 11) is 0. The Morgan fingerprint density at radius 3 is 2.83 bits per heavy atom. The van der Waals surface area contributed by atoms with E-state index in [1.165, 1.54) is 0 Å². The number of pyridine rings is 1. The maximum atomic E-state index is 4.32. The summed E-state index contributed by atoms with van der Waals surface area (Å²) < 4.78 is 2.72. The fourth-order valence-electron chi connectivity index (χ4n) is 2.90. The SMILES string of the molecule is Brc1ccc(-n2cc(C3[C@H]4CNC[C@@H]34)nn2)nc1. The molecule has 0 bridgehead atoms. The van der Waals surface area contributed by atoms with E-state index in [1.54, 1.807) is 10.9 Å². The second kappa shape index (κ2) is 3.86. The quantitative estimate of drug-likeness (QED) is 0.910. The molecule has 6 heteroatoms. The van der Waals surface area contributed by atoms with Crippen molar-refractivity contribution in [1.82, 2.24) is 25.3 Å². The summed E-state index contributed by atoms with van der Waals surface area (Å²) >= 11 is 3.37. The topological polar surface area (TPSA) is 55.6 Å². The Balaban J connectivity index is 1.60. The van der Waals surface area contributed by atoms with Gasteiger partial charge in [0.1, 0.15) is 0 Å². The van der Waals surface area contributed by atoms with Crippen molar-refractivity contribution >= 4 is 15.9 Å². The van der Waals surface area contributed by atoms with E-state index in [2.05, 4.69) is 36.5 Å². The highest BCUT2D eigenvalue weighted by Gasteiger charge is 2.54. The number of piperidine rings is 1. The highest BCUT2D eigenvalue weighted by molar-refractivity contribution is 9.10. The molecule has 1 aliphatic heterocycles. The van der Waals surface area contributed by atoms with Gasteiger partial charge in [-0.2, -0.15) is 0 Å². The van der Waals surface area contributed by atoms with Gasteiger partial charge < -0.3 is 5.32 Å². The van der Waals surface area contributed by atoms with Crippen LogP contribution in [0.25, 0.3) is 5.82 Å². The molecule has 1 saturated heterocycles. The average Bonchev–Trinajstić information content (AvgIpc) is 2.83. The highest BCUT2D eigenvalue weighted by atomic mass is 79.9. The van der Waals surface area contributed by atoms with E-state index in [0.29, 0.717) is 5.92 Å². The summed E-state index contributed by atoms with van der Waals surface area (Å²) in [5.41, 5.74) is 1.11. The van der Waals surface area contributed by atoms with Crippen LogP contribution in [0.3, 0.4) is 0 Å². The van der Waals surface area contributed by atoms with Crippen molar-refractivity contribution in [3.05, 3.63) is 34.7 Å². The molecule has 1 aliphatic carbocycles. The molecule has 0 radical (unpaired) electrons. The minimum absolute atomic E-state index is 0.607. The van der Waals surface area contributed by atoms with Gasteiger partial charge in [-0.3, -0.25) is 0 Å². The van der Waals surface area contributed by atoms with Crippen LogP contribution in [0.5, 0.6) is 0 Å². The zero-order chi connectivity index (χ0) is 12.1. The van der Waals surface area contributed by atoms with E-state index >= 15 is 0 Å². The molecule has 18 heavy (non-hydrogen) atoms. The van der Waals surface area contributed by atoms with E-state index in [4.69, 9.17) is 0 Å². The van der Waals surface area contributed by atoms with Gasteiger partial charge in [0.25, 0.3) is 0 Å². The number of fused-ring (bicyclic) bond motifs is 1. The van der Waals surface area contributed by atoms with Gasteiger partial charge in [-0.1, -0.05) is 5.21 Å². The lowest BCUT2D eigenvalue weighted by atomic mass is 10.2.